The van der Waals surface area contributed by atoms with Crippen LogP contribution in [0.15, 0.2) is 90.5 Å². The summed E-state index contributed by atoms with van der Waals surface area (Å²) in [5.41, 5.74) is 6.35. The molecule has 3 aliphatic heterocycles. The number of carbonyl (C=O) groups excluding carboxylic acids is 3. The number of halogens is 1. The third-order valence-electron chi connectivity index (χ3n) is 9.21. The van der Waals surface area contributed by atoms with Gasteiger partial charge >= 0.3 is 6.03 Å². The fraction of sp³-hybridized carbons (Fsp3) is 0.237. The number of nitrogens with one attached hydrogen (secondary N) is 1. The van der Waals surface area contributed by atoms with E-state index in [2.05, 4.69) is 34.5 Å². The van der Waals surface area contributed by atoms with Gasteiger partial charge in [-0.25, -0.2) is 9.69 Å². The SMILES string of the molecule is CCOc1c(Cl)cc(/C=C2\C(=O)NC(=O)N(c3cc4c5c(c3)[C@H](c3ccccc3)CCN5CC[C@H]4c3ccccc3)C2=O)cc1OC. The van der Waals surface area contributed by atoms with Crippen LogP contribution in [0.4, 0.5) is 16.2 Å². The molecule has 0 spiro atoms. The summed E-state index contributed by atoms with van der Waals surface area (Å²) in [5.74, 6) is -0.614. The van der Waals surface area contributed by atoms with Crippen molar-refractivity contribution in [3.05, 3.63) is 123 Å². The molecular weight excluding hydrogens is 614 g/mol. The van der Waals surface area contributed by atoms with E-state index in [0.29, 0.717) is 29.4 Å². The van der Waals surface area contributed by atoms with Gasteiger partial charge in [0.1, 0.15) is 5.57 Å². The van der Waals surface area contributed by atoms with E-state index in [1.165, 1.54) is 30.0 Å². The van der Waals surface area contributed by atoms with Crippen molar-refractivity contribution >= 4 is 46.9 Å². The number of rotatable bonds is 7. The standard InChI is InChI=1S/C38H34ClN3O5/c1-3-47-35-32(39)19-23(20-33(35)46-2)18-31-36(43)40-38(45)42(37(31)44)26-21-29-27(24-10-6-4-7-11-24)14-16-41-17-15-28(30(22-26)34(29)41)25-12-8-5-9-13-25/h4-13,18-22,27-28H,3,14-17H2,1-2H3,(H,40,43,45)/b31-18+/t27-,28-/m0/s1. The summed E-state index contributed by atoms with van der Waals surface area (Å²) in [6, 6.07) is 27.0. The number of imide groups is 2. The first-order valence-electron chi connectivity index (χ1n) is 15.8. The smallest absolute Gasteiger partial charge is 0.335 e. The second-order valence-electron chi connectivity index (χ2n) is 11.9. The molecule has 238 valence electrons. The van der Waals surface area contributed by atoms with Crippen molar-refractivity contribution in [2.75, 3.05) is 36.6 Å². The molecule has 4 aromatic carbocycles. The van der Waals surface area contributed by atoms with Gasteiger partial charge in [0.25, 0.3) is 11.8 Å². The minimum atomic E-state index is -0.789. The summed E-state index contributed by atoms with van der Waals surface area (Å²) in [4.78, 5) is 44.4. The van der Waals surface area contributed by atoms with E-state index in [1.54, 1.807) is 12.1 Å². The predicted molar refractivity (Wildman–Crippen MR) is 183 cm³/mol. The van der Waals surface area contributed by atoms with Gasteiger partial charge in [0.05, 0.1) is 24.4 Å². The second kappa shape index (κ2) is 12.6. The number of ether oxygens (including phenoxy) is 2. The maximum absolute atomic E-state index is 14.2. The summed E-state index contributed by atoms with van der Waals surface area (Å²) in [5, 5.41) is 2.66. The Bertz CT molecular complexity index is 1840. The quantitative estimate of drug-likeness (QED) is 0.167. The minimum absolute atomic E-state index is 0.0775. The summed E-state index contributed by atoms with van der Waals surface area (Å²) < 4.78 is 11.1. The number of methoxy groups -OCH3 is 1. The van der Waals surface area contributed by atoms with Gasteiger partial charge in [0.15, 0.2) is 11.5 Å². The van der Waals surface area contributed by atoms with Crippen LogP contribution in [0.5, 0.6) is 11.5 Å². The molecule has 8 nitrogen and oxygen atoms in total. The molecule has 0 bridgehead atoms. The maximum atomic E-state index is 14.2. The van der Waals surface area contributed by atoms with Gasteiger partial charge in [-0.3, -0.25) is 14.9 Å². The Morgan fingerprint density at radius 1 is 0.872 bits per heavy atom. The van der Waals surface area contributed by atoms with Crippen molar-refractivity contribution in [2.45, 2.75) is 31.6 Å². The molecule has 7 rings (SSSR count). The normalized spacial score (nSPS) is 19.8. The molecule has 0 saturated carbocycles. The highest BCUT2D eigenvalue weighted by atomic mass is 35.5. The molecule has 4 aromatic rings. The van der Waals surface area contributed by atoms with E-state index in [-0.39, 0.29) is 22.4 Å². The van der Waals surface area contributed by atoms with Crippen LogP contribution >= 0.6 is 11.6 Å². The Balaban J connectivity index is 1.36. The first-order valence-corrected chi connectivity index (χ1v) is 16.2. The third kappa shape index (κ3) is 5.52. The molecule has 0 radical (unpaired) electrons. The van der Waals surface area contributed by atoms with Gasteiger partial charge in [-0.2, -0.15) is 0 Å². The number of carbonyl (C=O) groups is 3. The molecule has 1 fully saturated rings. The zero-order valence-electron chi connectivity index (χ0n) is 26.2. The molecule has 1 N–H and O–H groups in total. The first-order chi connectivity index (χ1) is 22.9. The van der Waals surface area contributed by atoms with E-state index in [4.69, 9.17) is 21.1 Å². The third-order valence-corrected chi connectivity index (χ3v) is 9.49. The van der Waals surface area contributed by atoms with Crippen LogP contribution in [0.25, 0.3) is 6.08 Å². The number of urea groups is 1. The zero-order valence-corrected chi connectivity index (χ0v) is 26.9. The summed E-state index contributed by atoms with van der Waals surface area (Å²) >= 11 is 6.49. The number of hydrogen-bond acceptors (Lipinski definition) is 6. The monoisotopic (exact) mass is 647 g/mol. The molecule has 1 saturated heterocycles. The highest BCUT2D eigenvalue weighted by Crippen LogP contribution is 2.50. The number of benzene rings is 4. The predicted octanol–water partition coefficient (Wildman–Crippen LogP) is 7.29. The maximum Gasteiger partial charge on any atom is 0.335 e. The molecular formula is C38H34ClN3O5. The number of amides is 4. The number of nitrogens with zero attached hydrogens (tertiary/aromatic N) is 2. The van der Waals surface area contributed by atoms with Gasteiger partial charge in [-0.05, 0) is 77.9 Å². The second-order valence-corrected chi connectivity index (χ2v) is 12.3. The molecule has 2 atom stereocenters. The van der Waals surface area contributed by atoms with Crippen LogP contribution in [-0.4, -0.2) is 44.7 Å². The Kier molecular flexibility index (Phi) is 8.20. The van der Waals surface area contributed by atoms with Crippen molar-refractivity contribution < 1.29 is 23.9 Å². The number of anilines is 2. The van der Waals surface area contributed by atoms with Crippen LogP contribution in [-0.2, 0) is 9.59 Å². The van der Waals surface area contributed by atoms with E-state index in [1.807, 2.05) is 55.5 Å². The fourth-order valence-electron chi connectivity index (χ4n) is 7.13. The van der Waals surface area contributed by atoms with Gasteiger partial charge in [0.2, 0.25) is 0 Å². The van der Waals surface area contributed by atoms with Crippen molar-refractivity contribution in [1.29, 1.82) is 0 Å². The Morgan fingerprint density at radius 2 is 1.47 bits per heavy atom. The highest BCUT2D eigenvalue weighted by molar-refractivity contribution is 6.39. The van der Waals surface area contributed by atoms with Crippen molar-refractivity contribution in [2.24, 2.45) is 0 Å². The van der Waals surface area contributed by atoms with Crippen LogP contribution in [0.1, 0.15) is 59.4 Å². The molecule has 0 aliphatic carbocycles. The van der Waals surface area contributed by atoms with Crippen LogP contribution < -0.4 is 24.6 Å². The van der Waals surface area contributed by atoms with E-state index < -0.39 is 17.8 Å². The Morgan fingerprint density at radius 3 is 2.02 bits per heavy atom. The summed E-state index contributed by atoms with van der Waals surface area (Å²) in [7, 11) is 1.49. The van der Waals surface area contributed by atoms with E-state index >= 15 is 0 Å². The molecule has 3 aliphatic rings. The molecule has 3 heterocycles. The molecule has 47 heavy (non-hydrogen) atoms. The fourth-order valence-corrected chi connectivity index (χ4v) is 7.41. The lowest BCUT2D eigenvalue weighted by molar-refractivity contribution is -0.122. The van der Waals surface area contributed by atoms with Gasteiger partial charge in [-0.1, -0.05) is 72.3 Å². The van der Waals surface area contributed by atoms with Gasteiger partial charge in [0, 0.05) is 30.6 Å². The number of barbiturate groups is 1. The van der Waals surface area contributed by atoms with Crippen LogP contribution in [0.2, 0.25) is 5.02 Å². The Hall–Kier alpha value is -5.08. The zero-order chi connectivity index (χ0) is 32.7. The van der Waals surface area contributed by atoms with Gasteiger partial charge < -0.3 is 14.4 Å². The molecule has 0 unspecified atom stereocenters. The largest absolute Gasteiger partial charge is 0.493 e. The van der Waals surface area contributed by atoms with Crippen molar-refractivity contribution in [3.8, 4) is 11.5 Å². The molecule has 9 heteroatoms. The lowest BCUT2D eigenvalue weighted by Gasteiger charge is -2.44. The van der Waals surface area contributed by atoms with Crippen LogP contribution in [0.3, 0.4) is 0 Å². The minimum Gasteiger partial charge on any atom is -0.493 e. The van der Waals surface area contributed by atoms with Crippen molar-refractivity contribution in [1.82, 2.24) is 5.32 Å². The summed E-state index contributed by atoms with van der Waals surface area (Å²) in [6.07, 6.45) is 3.23. The average Bonchev–Trinajstić information content (AvgIpc) is 3.08. The summed E-state index contributed by atoms with van der Waals surface area (Å²) in [6.45, 7) is 4.04. The van der Waals surface area contributed by atoms with Crippen LogP contribution in [0, 0.1) is 0 Å². The highest BCUT2D eigenvalue weighted by Gasteiger charge is 2.40. The lowest BCUT2D eigenvalue weighted by atomic mass is 9.76. The van der Waals surface area contributed by atoms with Crippen molar-refractivity contribution in [3.63, 3.8) is 0 Å². The lowest BCUT2D eigenvalue weighted by Crippen LogP contribution is -2.54. The average molecular weight is 648 g/mol. The number of hydrogen-bond donors (Lipinski definition) is 1. The molecule has 4 amide bonds. The van der Waals surface area contributed by atoms with Gasteiger partial charge in [-0.15, -0.1) is 0 Å². The van der Waals surface area contributed by atoms with E-state index in [9.17, 15) is 14.4 Å². The Labute approximate surface area is 278 Å². The van der Waals surface area contributed by atoms with E-state index in [0.717, 1.165) is 42.0 Å². The topological polar surface area (TPSA) is 88.2 Å². The molecule has 0 aromatic heterocycles. The first kappa shape index (κ1) is 30.6.